The smallest absolute Gasteiger partial charge is 0.261 e. The molecule has 1 N–H and O–H groups in total. The van der Waals surface area contributed by atoms with E-state index in [1.54, 1.807) is 50.2 Å². The number of benzene rings is 2. The van der Waals surface area contributed by atoms with Gasteiger partial charge in [-0.3, -0.25) is 9.59 Å². The molecule has 0 bridgehead atoms. The van der Waals surface area contributed by atoms with Gasteiger partial charge in [-0.15, -0.1) is 0 Å². The Morgan fingerprint density at radius 1 is 1.03 bits per heavy atom. The third-order valence-corrected chi connectivity index (χ3v) is 5.30. The summed E-state index contributed by atoms with van der Waals surface area (Å²) in [6.07, 6.45) is 0. The second-order valence-corrected chi connectivity index (χ2v) is 7.44. The Bertz CT molecular complexity index is 880. The summed E-state index contributed by atoms with van der Waals surface area (Å²) in [7, 11) is 3.04. The van der Waals surface area contributed by atoms with Crippen molar-refractivity contribution in [3.8, 4) is 17.2 Å². The molecule has 7 nitrogen and oxygen atoms in total. The lowest BCUT2D eigenvalue weighted by atomic mass is 10.1. The summed E-state index contributed by atoms with van der Waals surface area (Å²) < 4.78 is 16.1. The van der Waals surface area contributed by atoms with Crippen LogP contribution in [0.4, 0.5) is 0 Å². The van der Waals surface area contributed by atoms with Gasteiger partial charge in [0.05, 0.1) is 14.2 Å². The molecule has 0 fully saturated rings. The molecule has 0 aliphatic rings. The number of hydrogen-bond acceptors (Lipinski definition) is 5. The maximum Gasteiger partial charge on any atom is 0.261 e. The molecule has 1 atom stereocenters. The van der Waals surface area contributed by atoms with Crippen molar-refractivity contribution in [2.75, 3.05) is 27.4 Å². The maximum atomic E-state index is 13.1. The van der Waals surface area contributed by atoms with Crippen molar-refractivity contribution in [2.45, 2.75) is 26.4 Å². The van der Waals surface area contributed by atoms with Gasteiger partial charge in [0, 0.05) is 46.9 Å². The number of ether oxygens (including phenoxy) is 3. The molecule has 2 aromatic carbocycles. The van der Waals surface area contributed by atoms with Crippen molar-refractivity contribution < 1.29 is 23.8 Å². The Labute approximate surface area is 192 Å². The van der Waals surface area contributed by atoms with Crippen LogP contribution in [0, 0.1) is 0 Å². The number of rotatable bonds is 10. The molecular weight excluding hydrogens is 443 g/mol. The number of carbonyl (C=O) groups is 2. The minimum absolute atomic E-state index is 0.0560. The highest BCUT2D eigenvalue weighted by molar-refractivity contribution is 6.36. The van der Waals surface area contributed by atoms with Crippen LogP contribution in [0.3, 0.4) is 0 Å². The zero-order chi connectivity index (χ0) is 23.0. The van der Waals surface area contributed by atoms with E-state index in [0.29, 0.717) is 39.4 Å². The first-order valence-corrected chi connectivity index (χ1v) is 10.4. The summed E-state index contributed by atoms with van der Waals surface area (Å²) in [6.45, 7) is 3.64. The second-order valence-electron chi connectivity index (χ2n) is 6.63. The molecule has 2 rings (SSSR count). The molecule has 0 saturated carbocycles. The molecule has 168 valence electrons. The SMILES string of the molecule is CCNC(=O)[C@@H](C)N(Cc1c(Cl)cccc1Cl)C(=O)COc1cc(OC)cc(OC)c1. The van der Waals surface area contributed by atoms with Crippen LogP contribution in [-0.2, 0) is 16.1 Å². The average Bonchev–Trinajstić information content (AvgIpc) is 2.76. The lowest BCUT2D eigenvalue weighted by Crippen LogP contribution is -2.49. The molecular formula is C22H26Cl2N2O5. The summed E-state index contributed by atoms with van der Waals surface area (Å²) in [5.74, 6) is 0.749. The predicted molar refractivity (Wildman–Crippen MR) is 120 cm³/mol. The summed E-state index contributed by atoms with van der Waals surface area (Å²) in [5.41, 5.74) is 0.554. The van der Waals surface area contributed by atoms with E-state index in [0.717, 1.165) is 0 Å². The van der Waals surface area contributed by atoms with Gasteiger partial charge in [-0.05, 0) is 26.0 Å². The molecule has 9 heteroatoms. The lowest BCUT2D eigenvalue weighted by molar-refractivity contribution is -0.142. The van der Waals surface area contributed by atoms with Crippen LogP contribution in [0.2, 0.25) is 10.0 Å². The predicted octanol–water partition coefficient (Wildman–Crippen LogP) is 3.94. The van der Waals surface area contributed by atoms with Crippen LogP contribution in [-0.4, -0.2) is 50.1 Å². The molecule has 0 saturated heterocycles. The number of likely N-dealkylation sites (N-methyl/N-ethyl adjacent to an activating group) is 1. The van der Waals surface area contributed by atoms with Crippen molar-refractivity contribution in [3.05, 3.63) is 52.0 Å². The number of halogens is 2. The van der Waals surface area contributed by atoms with Crippen molar-refractivity contribution in [1.29, 1.82) is 0 Å². The van der Waals surface area contributed by atoms with Gasteiger partial charge in [-0.2, -0.15) is 0 Å². The molecule has 2 amide bonds. The van der Waals surface area contributed by atoms with Crippen molar-refractivity contribution in [1.82, 2.24) is 10.2 Å². The van der Waals surface area contributed by atoms with Gasteiger partial charge in [0.15, 0.2) is 6.61 Å². The highest BCUT2D eigenvalue weighted by atomic mass is 35.5. The normalized spacial score (nSPS) is 11.4. The van der Waals surface area contributed by atoms with E-state index >= 15 is 0 Å². The highest BCUT2D eigenvalue weighted by Crippen LogP contribution is 2.28. The average molecular weight is 469 g/mol. The topological polar surface area (TPSA) is 77.1 Å². The van der Waals surface area contributed by atoms with Crippen LogP contribution in [0.15, 0.2) is 36.4 Å². The number of nitrogens with one attached hydrogen (secondary N) is 1. The zero-order valence-electron chi connectivity index (χ0n) is 17.9. The molecule has 0 radical (unpaired) electrons. The number of amides is 2. The number of nitrogens with zero attached hydrogens (tertiary/aromatic N) is 1. The Kier molecular flexibility index (Phi) is 9.27. The van der Waals surface area contributed by atoms with Gasteiger partial charge >= 0.3 is 0 Å². The van der Waals surface area contributed by atoms with E-state index in [1.807, 2.05) is 0 Å². The quantitative estimate of drug-likeness (QED) is 0.571. The van der Waals surface area contributed by atoms with Crippen molar-refractivity contribution in [2.24, 2.45) is 0 Å². The Morgan fingerprint density at radius 3 is 2.10 bits per heavy atom. The van der Waals surface area contributed by atoms with Crippen LogP contribution >= 0.6 is 23.2 Å². The molecule has 0 aliphatic carbocycles. The van der Waals surface area contributed by atoms with Gasteiger partial charge in [0.25, 0.3) is 5.91 Å². The van der Waals surface area contributed by atoms with Gasteiger partial charge < -0.3 is 24.4 Å². The second kappa shape index (κ2) is 11.7. The fourth-order valence-corrected chi connectivity index (χ4v) is 3.37. The summed E-state index contributed by atoms with van der Waals surface area (Å²) in [6, 6.07) is 9.28. The van der Waals surface area contributed by atoms with Crippen LogP contribution < -0.4 is 19.5 Å². The van der Waals surface area contributed by atoms with Gasteiger partial charge in [0.2, 0.25) is 5.91 Å². The molecule has 31 heavy (non-hydrogen) atoms. The third kappa shape index (κ3) is 6.67. The van der Waals surface area contributed by atoms with E-state index in [2.05, 4.69) is 5.32 Å². The minimum Gasteiger partial charge on any atom is -0.496 e. The molecule has 0 heterocycles. The fourth-order valence-electron chi connectivity index (χ4n) is 2.85. The van der Waals surface area contributed by atoms with E-state index in [4.69, 9.17) is 37.4 Å². The Morgan fingerprint density at radius 2 is 1.58 bits per heavy atom. The van der Waals surface area contributed by atoms with Crippen LogP contribution in [0.25, 0.3) is 0 Å². The van der Waals surface area contributed by atoms with Gasteiger partial charge in [-0.1, -0.05) is 29.3 Å². The molecule has 2 aromatic rings. The van der Waals surface area contributed by atoms with Crippen molar-refractivity contribution >= 4 is 35.0 Å². The summed E-state index contributed by atoms with van der Waals surface area (Å²) >= 11 is 12.6. The zero-order valence-corrected chi connectivity index (χ0v) is 19.4. The minimum atomic E-state index is -0.761. The number of carbonyl (C=O) groups excluding carboxylic acids is 2. The van der Waals surface area contributed by atoms with Crippen LogP contribution in [0.5, 0.6) is 17.2 Å². The van der Waals surface area contributed by atoms with Crippen LogP contribution in [0.1, 0.15) is 19.4 Å². The molecule has 0 unspecified atom stereocenters. The van der Waals surface area contributed by atoms with Gasteiger partial charge in [0.1, 0.15) is 23.3 Å². The standard InChI is InChI=1S/C22H26Cl2N2O5/c1-5-25-22(28)14(2)26(12-18-19(23)7-6-8-20(18)24)21(27)13-31-17-10-15(29-3)9-16(11-17)30-4/h6-11,14H,5,12-13H2,1-4H3,(H,25,28)/t14-/m1/s1. The van der Waals surface area contributed by atoms with E-state index in [9.17, 15) is 9.59 Å². The summed E-state index contributed by atoms with van der Waals surface area (Å²) in [4.78, 5) is 26.9. The van der Waals surface area contributed by atoms with Crippen molar-refractivity contribution in [3.63, 3.8) is 0 Å². The summed E-state index contributed by atoms with van der Waals surface area (Å²) in [5, 5.41) is 3.55. The highest BCUT2D eigenvalue weighted by Gasteiger charge is 2.27. The van der Waals surface area contributed by atoms with E-state index in [1.165, 1.54) is 19.1 Å². The fraction of sp³-hybridized carbons (Fsp3) is 0.364. The Balaban J connectivity index is 2.24. The molecule has 0 aromatic heterocycles. The number of hydrogen-bond donors (Lipinski definition) is 1. The Hall–Kier alpha value is -2.64. The number of methoxy groups -OCH3 is 2. The lowest BCUT2D eigenvalue weighted by Gasteiger charge is -2.29. The largest absolute Gasteiger partial charge is 0.496 e. The van der Waals surface area contributed by atoms with Gasteiger partial charge in [-0.25, -0.2) is 0 Å². The molecule has 0 aliphatic heterocycles. The third-order valence-electron chi connectivity index (χ3n) is 4.60. The monoisotopic (exact) mass is 468 g/mol. The maximum absolute atomic E-state index is 13.1. The first-order valence-electron chi connectivity index (χ1n) is 9.66. The van der Waals surface area contributed by atoms with E-state index < -0.39 is 11.9 Å². The first-order chi connectivity index (χ1) is 14.8. The first kappa shape index (κ1) is 24.6. The molecule has 0 spiro atoms. The van der Waals surface area contributed by atoms with E-state index in [-0.39, 0.29) is 19.1 Å².